The Bertz CT molecular complexity index is 935. The third-order valence-corrected chi connectivity index (χ3v) is 6.04. The van der Waals surface area contributed by atoms with Crippen LogP contribution in [0, 0.1) is 0 Å². The fraction of sp³-hybridized carbons (Fsp3) is 0.444. The van der Waals surface area contributed by atoms with E-state index in [1.54, 1.807) is 7.11 Å². The summed E-state index contributed by atoms with van der Waals surface area (Å²) in [6, 6.07) is 16.3. The Kier molecular flexibility index (Phi) is 4.41. The molecule has 0 spiro atoms. The Morgan fingerprint density at radius 1 is 0.857 bits per heavy atom. The Balaban J connectivity index is 1.97. The first kappa shape index (κ1) is 19.2. The van der Waals surface area contributed by atoms with Gasteiger partial charge in [-0.25, -0.2) is 0 Å². The Morgan fingerprint density at radius 3 is 1.96 bits per heavy atom. The molecule has 0 bridgehead atoms. The predicted molar refractivity (Wildman–Crippen MR) is 120 cm³/mol. The van der Waals surface area contributed by atoms with Gasteiger partial charge in [0.1, 0.15) is 5.75 Å². The van der Waals surface area contributed by atoms with E-state index >= 15 is 0 Å². The maximum absolute atomic E-state index is 5.95. The highest BCUT2D eigenvalue weighted by molar-refractivity contribution is 5.87. The van der Waals surface area contributed by atoms with Crippen LogP contribution >= 0.6 is 0 Å². The van der Waals surface area contributed by atoms with Crippen LogP contribution in [0.5, 0.6) is 5.75 Å². The lowest BCUT2D eigenvalue weighted by molar-refractivity contribution is 0.381. The fourth-order valence-corrected chi connectivity index (χ4v) is 4.28. The van der Waals surface area contributed by atoms with E-state index in [9.17, 15) is 0 Å². The van der Waals surface area contributed by atoms with Crippen LogP contribution in [0.1, 0.15) is 77.0 Å². The van der Waals surface area contributed by atoms with Gasteiger partial charge < -0.3 is 4.74 Å². The topological polar surface area (TPSA) is 9.23 Å². The molecule has 0 aromatic heterocycles. The van der Waals surface area contributed by atoms with Crippen molar-refractivity contribution >= 4 is 0 Å². The number of hydrogen-bond donors (Lipinski definition) is 0. The Hall–Kier alpha value is -2.15. The molecule has 28 heavy (non-hydrogen) atoms. The number of rotatable bonds is 3. The summed E-state index contributed by atoms with van der Waals surface area (Å²) in [4.78, 5) is 0. The maximum atomic E-state index is 5.95. The molecular weight excluding hydrogens is 340 g/mol. The fourth-order valence-electron chi connectivity index (χ4n) is 4.28. The molecule has 0 amide bonds. The average molecular weight is 374 g/mol. The van der Waals surface area contributed by atoms with Gasteiger partial charge in [0.2, 0.25) is 0 Å². The van der Waals surface area contributed by atoms with Crippen molar-refractivity contribution in [2.24, 2.45) is 0 Å². The van der Waals surface area contributed by atoms with E-state index in [-0.39, 0.29) is 10.8 Å². The summed E-state index contributed by atoms with van der Waals surface area (Å²) >= 11 is 0. The third-order valence-electron chi connectivity index (χ3n) is 6.04. The minimum Gasteiger partial charge on any atom is -0.496 e. The van der Waals surface area contributed by atoms with Crippen molar-refractivity contribution in [2.75, 3.05) is 7.11 Å². The van der Waals surface area contributed by atoms with Crippen molar-refractivity contribution in [3.8, 4) is 28.0 Å². The van der Waals surface area contributed by atoms with Crippen molar-refractivity contribution in [2.45, 2.75) is 71.1 Å². The van der Waals surface area contributed by atoms with Crippen LogP contribution in [-0.2, 0) is 10.8 Å². The largest absolute Gasteiger partial charge is 0.496 e. The summed E-state index contributed by atoms with van der Waals surface area (Å²) in [5.74, 6) is 1.82. The first-order chi connectivity index (χ1) is 13.1. The molecule has 0 unspecified atom stereocenters. The Labute approximate surface area is 170 Å². The van der Waals surface area contributed by atoms with E-state index in [2.05, 4.69) is 84.0 Å². The van der Waals surface area contributed by atoms with Crippen LogP contribution in [0.25, 0.3) is 22.3 Å². The monoisotopic (exact) mass is 373 g/mol. The lowest BCUT2D eigenvalue weighted by Gasteiger charge is -2.32. The zero-order valence-corrected chi connectivity index (χ0v) is 18.4. The second kappa shape index (κ2) is 6.44. The summed E-state index contributed by atoms with van der Waals surface area (Å²) in [6.07, 6.45) is 2.69. The minimum absolute atomic E-state index is 0.0143. The molecule has 0 atom stereocenters. The molecule has 0 aliphatic heterocycles. The molecule has 1 aromatic rings. The van der Waals surface area contributed by atoms with Crippen molar-refractivity contribution in [3.63, 3.8) is 0 Å². The molecule has 3 aliphatic rings. The van der Waals surface area contributed by atoms with E-state index < -0.39 is 0 Å². The molecule has 0 saturated heterocycles. The van der Waals surface area contributed by atoms with Gasteiger partial charge in [-0.05, 0) is 40.7 Å². The van der Waals surface area contributed by atoms with Gasteiger partial charge in [-0.15, -0.1) is 34.9 Å². The van der Waals surface area contributed by atoms with Gasteiger partial charge in [-0.3, -0.25) is 0 Å². The van der Waals surface area contributed by atoms with Gasteiger partial charge in [0, 0.05) is 0 Å². The van der Waals surface area contributed by atoms with Gasteiger partial charge in [-0.1, -0.05) is 76.9 Å². The summed E-state index contributed by atoms with van der Waals surface area (Å²) in [7, 11) is 1.80. The van der Waals surface area contributed by atoms with Crippen LogP contribution in [0.2, 0.25) is 0 Å². The lowest BCUT2D eigenvalue weighted by Crippen LogP contribution is -2.19. The molecule has 0 heterocycles. The summed E-state index contributed by atoms with van der Waals surface area (Å²) < 4.78 is 5.95. The molecule has 1 nitrogen and oxygen atoms in total. The van der Waals surface area contributed by atoms with Crippen molar-refractivity contribution in [1.29, 1.82) is 0 Å². The second-order valence-electron chi connectivity index (χ2n) is 10.5. The van der Waals surface area contributed by atoms with Crippen LogP contribution < -0.4 is 4.74 Å². The number of ether oxygens (including phenoxy) is 1. The summed E-state index contributed by atoms with van der Waals surface area (Å²) in [6.45, 7) is 13.6. The molecule has 148 valence electrons. The van der Waals surface area contributed by atoms with Crippen LogP contribution in [0.4, 0.5) is 0 Å². The Morgan fingerprint density at radius 2 is 1.46 bits per heavy atom. The zero-order valence-electron chi connectivity index (χ0n) is 18.4. The average Bonchev–Trinajstić information content (AvgIpc) is 3.37. The number of fused-ring (bicyclic) bond motifs is 1. The molecule has 0 N–H and O–H groups in total. The van der Waals surface area contributed by atoms with E-state index in [1.165, 1.54) is 51.8 Å². The smallest absolute Gasteiger partial charge is 0.124 e. The normalized spacial score (nSPS) is 15.2. The van der Waals surface area contributed by atoms with Crippen LogP contribution in [0.3, 0.4) is 0 Å². The van der Waals surface area contributed by atoms with Crippen molar-refractivity contribution in [1.82, 2.24) is 0 Å². The number of benzene rings is 2. The van der Waals surface area contributed by atoms with E-state index in [4.69, 9.17) is 4.74 Å². The standard InChI is InChI=1S/C27H33O/c1-26(2,3)23-15-20(16-24(25(23)28-7)27(4,5)6)21-10-8-9-18-13-19(14-22(18)21)17-11-12-17/h8-10,13-17H,11-12H2,1-7H3/q-1. The van der Waals surface area contributed by atoms with Gasteiger partial charge in [0.25, 0.3) is 0 Å². The minimum atomic E-state index is 0.0143. The highest BCUT2D eigenvalue weighted by atomic mass is 16.5. The molecule has 1 saturated carbocycles. The highest BCUT2D eigenvalue weighted by Crippen LogP contribution is 2.48. The maximum Gasteiger partial charge on any atom is 0.124 e. The van der Waals surface area contributed by atoms with Gasteiger partial charge in [-0.2, -0.15) is 0 Å². The summed E-state index contributed by atoms with van der Waals surface area (Å²) in [5, 5.41) is 0. The van der Waals surface area contributed by atoms with Crippen LogP contribution in [0.15, 0.2) is 42.5 Å². The number of methoxy groups -OCH3 is 1. The first-order valence-corrected chi connectivity index (χ1v) is 10.5. The number of hydrogen-bond acceptors (Lipinski definition) is 1. The third kappa shape index (κ3) is 3.36. The summed E-state index contributed by atoms with van der Waals surface area (Å²) in [5.41, 5.74) is 9.49. The molecule has 0 radical (unpaired) electrons. The lowest BCUT2D eigenvalue weighted by atomic mass is 9.77. The predicted octanol–water partition coefficient (Wildman–Crippen LogP) is 7.66. The van der Waals surface area contributed by atoms with E-state index in [0.29, 0.717) is 0 Å². The molecule has 1 heteroatoms. The van der Waals surface area contributed by atoms with Crippen molar-refractivity contribution < 1.29 is 4.74 Å². The highest BCUT2D eigenvalue weighted by Gasteiger charge is 2.28. The molecule has 3 aliphatic carbocycles. The van der Waals surface area contributed by atoms with Crippen molar-refractivity contribution in [3.05, 3.63) is 59.2 Å². The van der Waals surface area contributed by atoms with E-state index in [0.717, 1.165) is 11.7 Å². The first-order valence-electron chi connectivity index (χ1n) is 10.5. The molecular formula is C27H33O-. The SMILES string of the molecule is COc1c(C(C)(C)C)cc(-c2[cH-]ccc3cc(C4CC4)cc2-3)cc1C(C)(C)C. The molecule has 4 rings (SSSR count). The van der Waals surface area contributed by atoms with Gasteiger partial charge >= 0.3 is 0 Å². The molecule has 1 aromatic carbocycles. The molecule has 1 fully saturated rings. The zero-order chi connectivity index (χ0) is 20.3. The van der Waals surface area contributed by atoms with Gasteiger partial charge in [0.15, 0.2) is 0 Å². The quantitative estimate of drug-likeness (QED) is 0.428. The second-order valence-corrected chi connectivity index (χ2v) is 10.5. The van der Waals surface area contributed by atoms with Crippen LogP contribution in [-0.4, -0.2) is 7.11 Å². The van der Waals surface area contributed by atoms with E-state index in [1.807, 2.05) is 0 Å². The van der Waals surface area contributed by atoms with Gasteiger partial charge in [0.05, 0.1) is 7.11 Å².